The largest absolute Gasteiger partial charge is 0.365 e. The molecule has 0 aliphatic carbocycles. The first-order valence-electron chi connectivity index (χ1n) is 6.71. The van der Waals surface area contributed by atoms with Crippen LogP contribution in [0.5, 0.6) is 0 Å². The highest BCUT2D eigenvalue weighted by atomic mass is 79.9. The number of nitrogens with zero attached hydrogens (tertiary/aromatic N) is 2. The molecule has 1 amide bonds. The van der Waals surface area contributed by atoms with Crippen molar-refractivity contribution < 1.29 is 9.53 Å². The number of carbonyl (C=O) groups is 1. The molecular formula is C14H17BrN2O2. The third kappa shape index (κ3) is 2.30. The van der Waals surface area contributed by atoms with E-state index in [9.17, 15) is 4.79 Å². The highest BCUT2D eigenvalue weighted by Crippen LogP contribution is 2.33. The maximum Gasteiger partial charge on any atom is 0.258 e. The molecule has 1 fully saturated rings. The van der Waals surface area contributed by atoms with Crippen molar-refractivity contribution >= 4 is 27.5 Å². The first-order valence-corrected chi connectivity index (χ1v) is 7.51. The summed E-state index contributed by atoms with van der Waals surface area (Å²) in [5, 5.41) is 0. The molecule has 3 heterocycles. The van der Waals surface area contributed by atoms with E-state index in [1.54, 1.807) is 0 Å². The summed E-state index contributed by atoms with van der Waals surface area (Å²) >= 11 is 3.38. The van der Waals surface area contributed by atoms with Crippen LogP contribution in [0, 0.1) is 0 Å². The molecule has 2 aliphatic rings. The zero-order valence-corrected chi connectivity index (χ0v) is 12.6. The van der Waals surface area contributed by atoms with Gasteiger partial charge in [0, 0.05) is 13.2 Å². The van der Waals surface area contributed by atoms with Crippen LogP contribution in [0.25, 0.3) is 0 Å². The second-order valence-electron chi connectivity index (χ2n) is 5.34. The Bertz CT molecular complexity index is 512. The number of hydrogen-bond donors (Lipinski definition) is 0. The highest BCUT2D eigenvalue weighted by Gasteiger charge is 2.42. The summed E-state index contributed by atoms with van der Waals surface area (Å²) in [6, 6.07) is 3.87. The fourth-order valence-electron chi connectivity index (χ4n) is 2.87. The van der Waals surface area contributed by atoms with Crippen molar-refractivity contribution in [1.29, 1.82) is 0 Å². The van der Waals surface area contributed by atoms with Crippen LogP contribution in [0.1, 0.15) is 31.9 Å². The van der Waals surface area contributed by atoms with E-state index >= 15 is 0 Å². The number of aromatic nitrogens is 1. The second kappa shape index (κ2) is 4.87. The van der Waals surface area contributed by atoms with Crippen LogP contribution in [-0.2, 0) is 16.0 Å². The van der Waals surface area contributed by atoms with E-state index in [0.29, 0.717) is 6.61 Å². The van der Waals surface area contributed by atoms with Gasteiger partial charge in [-0.05, 0) is 60.7 Å². The number of amides is 1. The smallest absolute Gasteiger partial charge is 0.258 e. The molecule has 1 saturated heterocycles. The minimum atomic E-state index is -0.651. The van der Waals surface area contributed by atoms with E-state index < -0.39 is 5.60 Å². The lowest BCUT2D eigenvalue weighted by molar-refractivity contribution is -0.136. The first kappa shape index (κ1) is 13.1. The van der Waals surface area contributed by atoms with Crippen LogP contribution >= 0.6 is 15.9 Å². The van der Waals surface area contributed by atoms with E-state index in [1.807, 2.05) is 24.0 Å². The Kier molecular flexibility index (Phi) is 3.35. The summed E-state index contributed by atoms with van der Waals surface area (Å²) in [7, 11) is 0. The van der Waals surface area contributed by atoms with Crippen LogP contribution in [0.15, 0.2) is 16.7 Å². The van der Waals surface area contributed by atoms with E-state index in [1.165, 1.54) is 0 Å². The molecular weight excluding hydrogens is 308 g/mol. The lowest BCUT2D eigenvalue weighted by atomic mass is 9.98. The molecule has 102 valence electrons. The van der Waals surface area contributed by atoms with Crippen LogP contribution in [0.4, 0.5) is 5.69 Å². The van der Waals surface area contributed by atoms with E-state index in [4.69, 9.17) is 4.74 Å². The molecule has 1 atom stereocenters. The Labute approximate surface area is 121 Å². The molecule has 1 unspecified atom stereocenters. The molecule has 2 aliphatic heterocycles. The number of aryl methyl sites for hydroxylation is 1. The Morgan fingerprint density at radius 3 is 3.05 bits per heavy atom. The molecule has 3 rings (SSSR count). The normalized spacial score (nSPS) is 26.3. The van der Waals surface area contributed by atoms with Crippen molar-refractivity contribution in [1.82, 2.24) is 4.98 Å². The summed E-state index contributed by atoms with van der Waals surface area (Å²) in [6.45, 7) is 3.35. The van der Waals surface area contributed by atoms with Gasteiger partial charge < -0.3 is 9.64 Å². The van der Waals surface area contributed by atoms with Crippen molar-refractivity contribution in [2.75, 3.05) is 18.1 Å². The third-order valence-corrected chi connectivity index (χ3v) is 4.36. The molecule has 0 radical (unpaired) electrons. The molecule has 0 aromatic carbocycles. The molecule has 0 spiro atoms. The Morgan fingerprint density at radius 2 is 2.32 bits per heavy atom. The predicted octanol–water partition coefficient (Wildman–Crippen LogP) is 2.69. The van der Waals surface area contributed by atoms with Crippen molar-refractivity contribution in [3.05, 3.63) is 22.4 Å². The highest BCUT2D eigenvalue weighted by molar-refractivity contribution is 9.10. The number of carbonyl (C=O) groups excluding carboxylic acids is 1. The standard InChI is InChI=1S/C14H17BrN2O2/c1-14(7-3-9-19-14)13(18)17-8-2-4-10-11(17)5-6-12(15)16-10/h5-6H,2-4,7-9H2,1H3. The average Bonchev–Trinajstić information content (AvgIpc) is 2.85. The SMILES string of the molecule is CC1(C(=O)N2CCCc3nc(Br)ccc32)CCCO1. The number of ether oxygens (including phenoxy) is 1. The molecule has 0 N–H and O–H groups in total. The number of pyridine rings is 1. The number of anilines is 1. The minimum Gasteiger partial charge on any atom is -0.365 e. The Balaban J connectivity index is 1.93. The van der Waals surface area contributed by atoms with Gasteiger partial charge in [0.25, 0.3) is 5.91 Å². The monoisotopic (exact) mass is 324 g/mol. The van der Waals surface area contributed by atoms with Gasteiger partial charge in [0.2, 0.25) is 0 Å². The maximum atomic E-state index is 12.7. The van der Waals surface area contributed by atoms with E-state index in [2.05, 4.69) is 20.9 Å². The summed E-state index contributed by atoms with van der Waals surface area (Å²) in [5.74, 6) is 0.0788. The van der Waals surface area contributed by atoms with Gasteiger partial charge in [-0.2, -0.15) is 0 Å². The fraction of sp³-hybridized carbons (Fsp3) is 0.571. The predicted molar refractivity (Wildman–Crippen MR) is 76.2 cm³/mol. The van der Waals surface area contributed by atoms with Crippen molar-refractivity contribution in [2.45, 2.75) is 38.2 Å². The lowest BCUT2D eigenvalue weighted by Gasteiger charge is -2.34. The fourth-order valence-corrected chi connectivity index (χ4v) is 3.21. The van der Waals surface area contributed by atoms with Crippen LogP contribution < -0.4 is 4.90 Å². The van der Waals surface area contributed by atoms with E-state index in [0.717, 1.165) is 48.2 Å². The van der Waals surface area contributed by atoms with Gasteiger partial charge in [0.1, 0.15) is 10.2 Å². The van der Waals surface area contributed by atoms with Crippen molar-refractivity contribution in [2.24, 2.45) is 0 Å². The van der Waals surface area contributed by atoms with Gasteiger partial charge in [-0.25, -0.2) is 4.98 Å². The second-order valence-corrected chi connectivity index (χ2v) is 6.16. The summed E-state index contributed by atoms with van der Waals surface area (Å²) in [6.07, 6.45) is 3.65. The molecule has 1 aromatic heterocycles. The van der Waals surface area contributed by atoms with Crippen molar-refractivity contribution in [3.8, 4) is 0 Å². The third-order valence-electron chi connectivity index (χ3n) is 3.92. The van der Waals surface area contributed by atoms with Gasteiger partial charge in [-0.1, -0.05) is 0 Å². The van der Waals surface area contributed by atoms with Crippen LogP contribution in [-0.4, -0.2) is 29.6 Å². The quantitative estimate of drug-likeness (QED) is 0.746. The molecule has 5 heteroatoms. The van der Waals surface area contributed by atoms with Gasteiger partial charge >= 0.3 is 0 Å². The van der Waals surface area contributed by atoms with Crippen LogP contribution in [0.2, 0.25) is 0 Å². The Morgan fingerprint density at radius 1 is 1.47 bits per heavy atom. The average molecular weight is 325 g/mol. The minimum absolute atomic E-state index is 0.0788. The van der Waals surface area contributed by atoms with Gasteiger partial charge in [0.15, 0.2) is 0 Å². The molecule has 4 nitrogen and oxygen atoms in total. The van der Waals surface area contributed by atoms with Gasteiger partial charge in [0.05, 0.1) is 11.4 Å². The number of fused-ring (bicyclic) bond motifs is 1. The number of halogens is 1. The number of hydrogen-bond acceptors (Lipinski definition) is 3. The molecule has 0 bridgehead atoms. The van der Waals surface area contributed by atoms with Crippen molar-refractivity contribution in [3.63, 3.8) is 0 Å². The summed E-state index contributed by atoms with van der Waals surface area (Å²) < 4.78 is 6.50. The van der Waals surface area contributed by atoms with E-state index in [-0.39, 0.29) is 5.91 Å². The van der Waals surface area contributed by atoms with Gasteiger partial charge in [-0.15, -0.1) is 0 Å². The van der Waals surface area contributed by atoms with Gasteiger partial charge in [-0.3, -0.25) is 4.79 Å². The molecule has 1 aromatic rings. The maximum absolute atomic E-state index is 12.7. The number of rotatable bonds is 1. The topological polar surface area (TPSA) is 42.4 Å². The first-order chi connectivity index (χ1) is 9.10. The summed E-state index contributed by atoms with van der Waals surface area (Å²) in [4.78, 5) is 19.1. The lowest BCUT2D eigenvalue weighted by Crippen LogP contribution is -2.48. The Hall–Kier alpha value is -0.940. The zero-order chi connectivity index (χ0) is 13.5. The van der Waals surface area contributed by atoms with Crippen LogP contribution in [0.3, 0.4) is 0 Å². The molecule has 19 heavy (non-hydrogen) atoms. The summed E-state index contributed by atoms with van der Waals surface area (Å²) in [5.41, 5.74) is 1.29. The zero-order valence-electron chi connectivity index (χ0n) is 11.0. The molecule has 0 saturated carbocycles.